The lowest BCUT2D eigenvalue weighted by Gasteiger charge is -2.08. The average Bonchev–Trinajstić information content (AvgIpc) is 2.18. The largest absolute Gasteiger partial charge is 0.435 e. The Balaban J connectivity index is 2.73. The van der Waals surface area contributed by atoms with Crippen LogP contribution in [0.2, 0.25) is 0 Å². The molecule has 0 unspecified atom stereocenters. The molecule has 1 rings (SSSR count). The van der Waals surface area contributed by atoms with E-state index in [2.05, 4.69) is 4.74 Å². The van der Waals surface area contributed by atoms with E-state index in [4.69, 9.17) is 0 Å². The molecule has 0 aliphatic heterocycles. The minimum absolute atomic E-state index is 0.180. The van der Waals surface area contributed by atoms with E-state index >= 15 is 0 Å². The molecule has 4 heteroatoms. The van der Waals surface area contributed by atoms with E-state index in [9.17, 15) is 13.6 Å². The number of rotatable bonds is 5. The summed E-state index contributed by atoms with van der Waals surface area (Å²) in [6.45, 7) is -1.10. The second-order valence-electron chi connectivity index (χ2n) is 3.18. The van der Waals surface area contributed by atoms with E-state index in [1.54, 1.807) is 19.1 Å². The number of hydrogen-bond donors (Lipinski definition) is 0. The van der Waals surface area contributed by atoms with Crippen molar-refractivity contribution in [2.75, 3.05) is 0 Å². The van der Waals surface area contributed by atoms with Gasteiger partial charge in [0, 0.05) is 6.42 Å². The van der Waals surface area contributed by atoms with Crippen molar-refractivity contribution in [3.8, 4) is 5.75 Å². The Bertz CT molecular complexity index is 337. The van der Waals surface area contributed by atoms with Gasteiger partial charge in [0.25, 0.3) is 0 Å². The van der Waals surface area contributed by atoms with E-state index in [0.29, 0.717) is 18.4 Å². The van der Waals surface area contributed by atoms with Crippen molar-refractivity contribution >= 4 is 6.29 Å². The van der Waals surface area contributed by atoms with Gasteiger partial charge < -0.3 is 9.53 Å². The Morgan fingerprint density at radius 2 is 2.20 bits per heavy atom. The molecule has 0 amide bonds. The molecule has 0 heterocycles. The zero-order valence-electron chi connectivity index (χ0n) is 8.37. The van der Waals surface area contributed by atoms with Crippen LogP contribution in [0.5, 0.6) is 5.75 Å². The first-order valence-electron chi connectivity index (χ1n) is 4.61. The fourth-order valence-corrected chi connectivity index (χ4v) is 1.32. The van der Waals surface area contributed by atoms with Crippen molar-refractivity contribution in [1.82, 2.24) is 0 Å². The van der Waals surface area contributed by atoms with Crippen LogP contribution in [0.25, 0.3) is 0 Å². The summed E-state index contributed by atoms with van der Waals surface area (Å²) in [5.41, 5.74) is 1.60. The fraction of sp³-hybridized carbons (Fsp3) is 0.364. The number of alkyl halides is 2. The summed E-state index contributed by atoms with van der Waals surface area (Å²) in [4.78, 5) is 10.2. The molecule has 0 bridgehead atoms. The van der Waals surface area contributed by atoms with Crippen molar-refractivity contribution in [3.63, 3.8) is 0 Å². The Hall–Kier alpha value is -1.45. The number of halogens is 2. The van der Waals surface area contributed by atoms with Crippen molar-refractivity contribution < 1.29 is 18.3 Å². The van der Waals surface area contributed by atoms with Crippen LogP contribution in [-0.2, 0) is 11.2 Å². The maximum atomic E-state index is 11.9. The second-order valence-corrected chi connectivity index (χ2v) is 3.18. The van der Waals surface area contributed by atoms with Gasteiger partial charge in [-0.3, -0.25) is 0 Å². The van der Waals surface area contributed by atoms with Crippen molar-refractivity contribution in [2.45, 2.75) is 26.4 Å². The number of ether oxygens (including phenoxy) is 1. The predicted molar refractivity (Wildman–Crippen MR) is 52.2 cm³/mol. The van der Waals surface area contributed by atoms with Crippen molar-refractivity contribution in [3.05, 3.63) is 29.3 Å². The molecular weight excluding hydrogens is 202 g/mol. The summed E-state index contributed by atoms with van der Waals surface area (Å²) in [6, 6.07) is 4.94. The van der Waals surface area contributed by atoms with Crippen molar-refractivity contribution in [2.24, 2.45) is 0 Å². The molecule has 0 aliphatic carbocycles. The predicted octanol–water partition coefficient (Wildman–Crippen LogP) is 2.73. The molecule has 0 spiro atoms. The van der Waals surface area contributed by atoms with E-state index in [0.717, 1.165) is 11.8 Å². The molecule has 1 aromatic rings. The summed E-state index contributed by atoms with van der Waals surface area (Å²) in [6.07, 6.45) is 1.90. The number of carbonyl (C=O) groups excluding carboxylic acids is 1. The van der Waals surface area contributed by atoms with Gasteiger partial charge in [0.15, 0.2) is 0 Å². The number of carbonyl (C=O) groups is 1. The number of aldehydes is 1. The van der Waals surface area contributed by atoms with Gasteiger partial charge in [-0.2, -0.15) is 8.78 Å². The van der Waals surface area contributed by atoms with Crippen LogP contribution in [-0.4, -0.2) is 12.9 Å². The molecule has 0 atom stereocenters. The first-order valence-corrected chi connectivity index (χ1v) is 4.61. The summed E-state index contributed by atoms with van der Waals surface area (Å²) >= 11 is 0. The van der Waals surface area contributed by atoms with Gasteiger partial charge in [-0.05, 0) is 30.5 Å². The van der Waals surface area contributed by atoms with Gasteiger partial charge in [-0.15, -0.1) is 0 Å². The van der Waals surface area contributed by atoms with Gasteiger partial charge in [0.2, 0.25) is 0 Å². The monoisotopic (exact) mass is 214 g/mol. The lowest BCUT2D eigenvalue weighted by Crippen LogP contribution is -2.03. The molecule has 1 aromatic carbocycles. The van der Waals surface area contributed by atoms with Crippen LogP contribution in [0.4, 0.5) is 8.78 Å². The fourth-order valence-electron chi connectivity index (χ4n) is 1.32. The Morgan fingerprint density at radius 3 is 2.73 bits per heavy atom. The van der Waals surface area contributed by atoms with Gasteiger partial charge >= 0.3 is 6.61 Å². The lowest BCUT2D eigenvalue weighted by atomic mass is 10.1. The standard InChI is InChI=1S/C11H12F2O2/c1-8-7-9(3-2-6-14)4-5-10(8)15-11(12)13/h4-7,11H,2-3H2,1H3. The van der Waals surface area contributed by atoms with Crippen LogP contribution in [0.1, 0.15) is 17.5 Å². The quantitative estimate of drug-likeness (QED) is 0.704. The summed E-state index contributed by atoms with van der Waals surface area (Å²) in [5, 5.41) is 0. The van der Waals surface area contributed by atoms with Crippen LogP contribution < -0.4 is 4.74 Å². The Labute approximate surface area is 86.9 Å². The summed E-state index contributed by atoms with van der Waals surface area (Å²) in [7, 11) is 0. The third-order valence-electron chi connectivity index (χ3n) is 2.01. The number of hydrogen-bond acceptors (Lipinski definition) is 2. The van der Waals surface area contributed by atoms with Gasteiger partial charge in [-0.25, -0.2) is 0 Å². The molecule has 82 valence electrons. The van der Waals surface area contributed by atoms with Crippen LogP contribution in [0, 0.1) is 6.92 Å². The van der Waals surface area contributed by atoms with Crippen molar-refractivity contribution in [1.29, 1.82) is 0 Å². The molecule has 0 aliphatic rings. The highest BCUT2D eigenvalue weighted by Gasteiger charge is 2.07. The van der Waals surface area contributed by atoms with Crippen LogP contribution in [0.15, 0.2) is 18.2 Å². The third kappa shape index (κ3) is 3.65. The highest BCUT2D eigenvalue weighted by molar-refractivity contribution is 5.50. The highest BCUT2D eigenvalue weighted by Crippen LogP contribution is 2.21. The molecule has 0 radical (unpaired) electrons. The first kappa shape index (κ1) is 11.6. The van der Waals surface area contributed by atoms with E-state index in [1.165, 1.54) is 6.07 Å². The molecule has 15 heavy (non-hydrogen) atoms. The minimum atomic E-state index is -2.80. The lowest BCUT2D eigenvalue weighted by molar-refractivity contribution is -0.107. The van der Waals surface area contributed by atoms with Crippen LogP contribution >= 0.6 is 0 Å². The van der Waals surface area contributed by atoms with Gasteiger partial charge in [-0.1, -0.05) is 12.1 Å². The molecule has 0 fully saturated rings. The topological polar surface area (TPSA) is 26.3 Å². The maximum absolute atomic E-state index is 11.9. The van der Waals surface area contributed by atoms with E-state index < -0.39 is 6.61 Å². The number of aryl methyl sites for hydroxylation is 2. The van der Waals surface area contributed by atoms with E-state index in [1.807, 2.05) is 0 Å². The highest BCUT2D eigenvalue weighted by atomic mass is 19.3. The normalized spacial score (nSPS) is 10.4. The summed E-state index contributed by atoms with van der Waals surface area (Å²) in [5.74, 6) is 0.180. The third-order valence-corrected chi connectivity index (χ3v) is 2.01. The smallest absolute Gasteiger partial charge is 0.387 e. The van der Waals surface area contributed by atoms with Gasteiger partial charge in [0.05, 0.1) is 0 Å². The zero-order valence-corrected chi connectivity index (χ0v) is 8.37. The van der Waals surface area contributed by atoms with E-state index in [-0.39, 0.29) is 5.75 Å². The molecule has 0 saturated heterocycles. The molecule has 0 saturated carbocycles. The molecular formula is C11H12F2O2. The summed E-state index contributed by atoms with van der Waals surface area (Å²) < 4.78 is 28.2. The molecule has 0 aromatic heterocycles. The average molecular weight is 214 g/mol. The zero-order chi connectivity index (χ0) is 11.3. The van der Waals surface area contributed by atoms with Gasteiger partial charge in [0.1, 0.15) is 12.0 Å². The first-order chi connectivity index (χ1) is 7.13. The SMILES string of the molecule is Cc1cc(CCC=O)ccc1OC(F)F. The Morgan fingerprint density at radius 1 is 1.47 bits per heavy atom. The Kier molecular flexibility index (Phi) is 4.21. The number of benzene rings is 1. The maximum Gasteiger partial charge on any atom is 0.387 e. The van der Waals surface area contributed by atoms with Crippen LogP contribution in [0.3, 0.4) is 0 Å². The second kappa shape index (κ2) is 5.44. The molecule has 0 N–H and O–H groups in total. The molecule has 2 nitrogen and oxygen atoms in total. The minimum Gasteiger partial charge on any atom is -0.435 e.